The van der Waals surface area contributed by atoms with E-state index in [1.165, 1.54) is 0 Å². The highest BCUT2D eigenvalue weighted by atomic mass is 32.2. The van der Waals surface area contributed by atoms with Crippen molar-refractivity contribution in [3.8, 4) is 0 Å². The summed E-state index contributed by atoms with van der Waals surface area (Å²) in [6.45, 7) is -2.26. The third-order valence-electron chi connectivity index (χ3n) is 1.90. The van der Waals surface area contributed by atoms with Crippen LogP contribution in [0.2, 0.25) is 0 Å². The molecule has 0 aliphatic heterocycles. The van der Waals surface area contributed by atoms with Crippen molar-refractivity contribution in [2.75, 3.05) is 19.8 Å². The molecule has 1 heterocycles. The average Bonchev–Trinajstić information content (AvgIpc) is 2.76. The topological polar surface area (TPSA) is 92.7 Å². The summed E-state index contributed by atoms with van der Waals surface area (Å²) in [7, 11) is -3.95. The van der Waals surface area contributed by atoms with E-state index in [1.54, 1.807) is 0 Å². The lowest BCUT2D eigenvalue weighted by molar-refractivity contribution is -0.173. The average molecular weight is 333 g/mol. The second-order valence-electron chi connectivity index (χ2n) is 3.52. The predicted octanol–water partition coefficient (Wildman–Crippen LogP) is 1.30. The van der Waals surface area contributed by atoms with Gasteiger partial charge in [0.25, 0.3) is 0 Å². The van der Waals surface area contributed by atoms with Gasteiger partial charge in [-0.05, 0) is 6.07 Å². The largest absolute Gasteiger partial charge is 0.477 e. The zero-order chi connectivity index (χ0) is 15.4. The molecule has 0 fully saturated rings. The molecule has 2 N–H and O–H groups in total. The van der Waals surface area contributed by atoms with Gasteiger partial charge < -0.3 is 9.84 Å². The zero-order valence-corrected chi connectivity index (χ0v) is 11.4. The fourth-order valence-corrected chi connectivity index (χ4v) is 3.22. The first kappa shape index (κ1) is 16.9. The Hall–Kier alpha value is -1.17. The molecule has 0 radical (unpaired) electrons. The molecule has 6 nitrogen and oxygen atoms in total. The number of thiophene rings is 1. The van der Waals surface area contributed by atoms with Gasteiger partial charge in [-0.2, -0.15) is 13.2 Å². The van der Waals surface area contributed by atoms with Gasteiger partial charge in [0.15, 0.2) is 0 Å². The summed E-state index contributed by atoms with van der Waals surface area (Å²) >= 11 is 0.733. The number of alkyl halides is 3. The molecule has 1 aromatic rings. The first-order valence-corrected chi connectivity index (χ1v) is 7.44. The molecule has 0 saturated carbocycles. The summed E-state index contributed by atoms with van der Waals surface area (Å²) in [5.41, 5.74) is 0. The monoisotopic (exact) mass is 333 g/mol. The van der Waals surface area contributed by atoms with E-state index < -0.39 is 35.4 Å². The first-order valence-electron chi connectivity index (χ1n) is 5.08. The molecule has 0 bridgehead atoms. The van der Waals surface area contributed by atoms with E-state index in [2.05, 4.69) is 4.74 Å². The number of aromatic carboxylic acids is 1. The highest BCUT2D eigenvalue weighted by Gasteiger charge is 2.27. The number of carboxylic acid groups (broad SMARTS) is 1. The third kappa shape index (κ3) is 5.45. The van der Waals surface area contributed by atoms with E-state index in [4.69, 9.17) is 5.11 Å². The lowest BCUT2D eigenvalue weighted by Crippen LogP contribution is -2.28. The minimum atomic E-state index is -4.47. The van der Waals surface area contributed by atoms with Crippen molar-refractivity contribution in [3.63, 3.8) is 0 Å². The lowest BCUT2D eigenvalue weighted by atomic mass is 10.5. The minimum absolute atomic E-state index is 0.154. The number of hydrogen-bond acceptors (Lipinski definition) is 5. The quantitative estimate of drug-likeness (QED) is 0.734. The summed E-state index contributed by atoms with van der Waals surface area (Å²) in [6.07, 6.45) is -4.47. The van der Waals surface area contributed by atoms with Crippen molar-refractivity contribution < 1.29 is 36.2 Å². The van der Waals surface area contributed by atoms with Crippen molar-refractivity contribution in [1.29, 1.82) is 0 Å². The second-order valence-corrected chi connectivity index (χ2v) is 6.20. The van der Waals surface area contributed by atoms with E-state index in [1.807, 2.05) is 4.72 Å². The summed E-state index contributed by atoms with van der Waals surface area (Å²) in [4.78, 5) is 10.2. The van der Waals surface area contributed by atoms with Gasteiger partial charge in [0.1, 0.15) is 11.5 Å². The van der Waals surface area contributed by atoms with Gasteiger partial charge in [-0.15, -0.1) is 11.3 Å². The fourth-order valence-electron chi connectivity index (χ4n) is 1.09. The molecule has 11 heteroatoms. The minimum Gasteiger partial charge on any atom is -0.477 e. The van der Waals surface area contributed by atoms with Crippen molar-refractivity contribution in [2.24, 2.45) is 0 Å². The Labute approximate surface area is 116 Å². The van der Waals surface area contributed by atoms with Gasteiger partial charge in [-0.25, -0.2) is 17.9 Å². The molecule has 0 spiro atoms. The lowest BCUT2D eigenvalue weighted by Gasteiger charge is -2.08. The smallest absolute Gasteiger partial charge is 0.411 e. The molecule has 1 rings (SSSR count). The van der Waals surface area contributed by atoms with Gasteiger partial charge in [0, 0.05) is 11.9 Å². The summed E-state index contributed by atoms with van der Waals surface area (Å²) in [6, 6.07) is 0.964. The normalized spacial score (nSPS) is 12.6. The molecule has 0 aromatic carbocycles. The van der Waals surface area contributed by atoms with Crippen molar-refractivity contribution in [1.82, 2.24) is 4.72 Å². The highest BCUT2D eigenvalue weighted by Crippen LogP contribution is 2.19. The number of carboxylic acids is 1. The van der Waals surface area contributed by atoms with Crippen LogP contribution in [0.5, 0.6) is 0 Å². The first-order chi connectivity index (χ1) is 9.12. The molecule has 1 aromatic heterocycles. The Morgan fingerprint density at radius 1 is 1.45 bits per heavy atom. The van der Waals surface area contributed by atoms with Crippen molar-refractivity contribution >= 4 is 27.3 Å². The maximum atomic E-state index is 11.7. The summed E-state index contributed by atoms with van der Waals surface area (Å²) in [5, 5.41) is 9.78. The van der Waals surface area contributed by atoms with Crippen LogP contribution < -0.4 is 4.72 Å². The van der Waals surface area contributed by atoms with Gasteiger partial charge in [-0.1, -0.05) is 0 Å². The van der Waals surface area contributed by atoms with Crippen LogP contribution in [0.25, 0.3) is 0 Å². The molecular weight excluding hydrogens is 323 g/mol. The number of rotatable bonds is 7. The Kier molecular flexibility index (Phi) is 5.50. The van der Waals surface area contributed by atoms with Crippen LogP contribution >= 0.6 is 11.3 Å². The standard InChI is InChI=1S/C9H10F3NO5S2/c10-9(11,12)5-18-2-1-13-20(16,17)6-3-7(8(14)15)19-4-6/h3-4,13H,1-2,5H2,(H,14,15). The molecule has 0 amide bonds. The molecule has 0 aliphatic carbocycles. The van der Waals surface area contributed by atoms with E-state index in [-0.39, 0.29) is 16.3 Å². The van der Waals surface area contributed by atoms with E-state index in [9.17, 15) is 26.4 Å². The van der Waals surface area contributed by atoms with Gasteiger partial charge in [0.2, 0.25) is 10.0 Å². The number of hydrogen-bond donors (Lipinski definition) is 2. The summed E-state index contributed by atoms with van der Waals surface area (Å²) in [5.74, 6) is -1.26. The Morgan fingerprint density at radius 3 is 2.60 bits per heavy atom. The van der Waals surface area contributed by atoms with Crippen LogP contribution in [0, 0.1) is 0 Å². The zero-order valence-electron chi connectivity index (χ0n) is 9.81. The maximum absolute atomic E-state index is 11.7. The highest BCUT2D eigenvalue weighted by molar-refractivity contribution is 7.89. The van der Waals surface area contributed by atoms with Crippen LogP contribution in [0.4, 0.5) is 13.2 Å². The molecule has 0 unspecified atom stereocenters. The molecule has 20 heavy (non-hydrogen) atoms. The molecular formula is C9H10F3NO5S2. The van der Waals surface area contributed by atoms with E-state index in [0.29, 0.717) is 0 Å². The number of ether oxygens (including phenoxy) is 1. The van der Waals surface area contributed by atoms with Crippen molar-refractivity contribution in [3.05, 3.63) is 16.3 Å². The van der Waals surface area contributed by atoms with Crippen LogP contribution in [-0.2, 0) is 14.8 Å². The fraction of sp³-hybridized carbons (Fsp3) is 0.444. The Balaban J connectivity index is 2.47. The van der Waals surface area contributed by atoms with Crippen LogP contribution in [-0.4, -0.2) is 45.4 Å². The second kappa shape index (κ2) is 6.52. The summed E-state index contributed by atoms with van der Waals surface area (Å²) < 4.78 is 64.8. The van der Waals surface area contributed by atoms with Crippen LogP contribution in [0.3, 0.4) is 0 Å². The molecule has 114 valence electrons. The molecule has 0 aliphatic rings. The van der Waals surface area contributed by atoms with Crippen LogP contribution in [0.15, 0.2) is 16.3 Å². The SMILES string of the molecule is O=C(O)c1cc(S(=O)(=O)NCCOCC(F)(F)F)cs1. The van der Waals surface area contributed by atoms with Gasteiger partial charge >= 0.3 is 12.1 Å². The van der Waals surface area contributed by atoms with E-state index in [0.717, 1.165) is 22.8 Å². The molecule has 0 atom stereocenters. The van der Waals surface area contributed by atoms with E-state index >= 15 is 0 Å². The Bertz CT molecular complexity index is 566. The number of carbonyl (C=O) groups is 1. The van der Waals surface area contributed by atoms with Crippen LogP contribution in [0.1, 0.15) is 9.67 Å². The van der Waals surface area contributed by atoms with Gasteiger partial charge in [-0.3, -0.25) is 0 Å². The number of halogens is 3. The maximum Gasteiger partial charge on any atom is 0.411 e. The Morgan fingerprint density at radius 2 is 2.10 bits per heavy atom. The van der Waals surface area contributed by atoms with Crippen molar-refractivity contribution in [2.45, 2.75) is 11.1 Å². The number of nitrogens with one attached hydrogen (secondary N) is 1. The van der Waals surface area contributed by atoms with Gasteiger partial charge in [0.05, 0.1) is 11.5 Å². The number of sulfonamides is 1. The third-order valence-corrected chi connectivity index (χ3v) is 4.41. The predicted molar refractivity (Wildman–Crippen MR) is 63.3 cm³/mol. The molecule has 0 saturated heterocycles.